The van der Waals surface area contributed by atoms with Crippen LogP contribution < -0.4 is 15.4 Å². The van der Waals surface area contributed by atoms with E-state index in [2.05, 4.69) is 25.6 Å². The van der Waals surface area contributed by atoms with Crippen molar-refractivity contribution in [2.24, 2.45) is 4.99 Å². The number of ether oxygens (including phenoxy) is 1. The van der Waals surface area contributed by atoms with Crippen molar-refractivity contribution in [3.8, 4) is 5.75 Å². The van der Waals surface area contributed by atoms with Gasteiger partial charge in [0.05, 0.1) is 17.6 Å². The van der Waals surface area contributed by atoms with Crippen LogP contribution >= 0.6 is 24.0 Å². The summed E-state index contributed by atoms with van der Waals surface area (Å²) in [6.07, 6.45) is 1.71. The smallest absolute Gasteiger partial charge is 0.191 e. The van der Waals surface area contributed by atoms with E-state index in [9.17, 15) is 4.39 Å². The normalized spacial score (nSPS) is 12.3. The Morgan fingerprint density at radius 2 is 1.93 bits per heavy atom. The number of guanidine groups is 1. The number of rotatable bonds is 8. The highest BCUT2D eigenvalue weighted by Crippen LogP contribution is 2.13. The van der Waals surface area contributed by atoms with E-state index in [-0.39, 0.29) is 35.9 Å². The van der Waals surface area contributed by atoms with Crippen LogP contribution in [0.25, 0.3) is 11.0 Å². The monoisotopic (exact) mass is 511 g/mol. The van der Waals surface area contributed by atoms with Crippen LogP contribution in [0.3, 0.4) is 0 Å². The van der Waals surface area contributed by atoms with Crippen LogP contribution in [0.2, 0.25) is 0 Å². The largest absolute Gasteiger partial charge is 0.489 e. The third-order valence-corrected chi connectivity index (χ3v) is 4.25. The third kappa shape index (κ3) is 7.19. The number of aryl methyl sites for hydroxylation is 1. The van der Waals surface area contributed by atoms with Gasteiger partial charge < -0.3 is 20.4 Å². The van der Waals surface area contributed by atoms with Gasteiger partial charge in [-0.15, -0.1) is 24.0 Å². The molecule has 0 fully saturated rings. The number of benzene rings is 2. The summed E-state index contributed by atoms with van der Waals surface area (Å²) < 4.78 is 18.7. The summed E-state index contributed by atoms with van der Waals surface area (Å²) in [5.41, 5.74) is 2.07. The van der Waals surface area contributed by atoms with E-state index < -0.39 is 0 Å². The minimum absolute atomic E-state index is 0. The first-order chi connectivity index (χ1) is 13.6. The molecule has 3 rings (SSSR count). The Kier molecular flexibility index (Phi) is 9.17. The summed E-state index contributed by atoms with van der Waals surface area (Å²) in [7, 11) is 1.74. The Bertz CT molecular complexity index is 880. The number of fused-ring (bicyclic) bond motifs is 1. The maximum absolute atomic E-state index is 12.9. The molecule has 0 amide bonds. The molecular formula is C21H27FIN5O. The first-order valence-corrected chi connectivity index (χ1v) is 9.44. The molecule has 29 heavy (non-hydrogen) atoms. The lowest BCUT2D eigenvalue weighted by molar-refractivity contribution is 0.223. The summed E-state index contributed by atoms with van der Waals surface area (Å²) in [6.45, 7) is 3.32. The first kappa shape index (κ1) is 22.9. The Morgan fingerprint density at radius 3 is 2.66 bits per heavy atom. The molecule has 1 atom stereocenters. The van der Waals surface area contributed by atoms with Crippen LogP contribution in [-0.2, 0) is 6.42 Å². The maximum Gasteiger partial charge on any atom is 0.191 e. The number of hydrogen-bond donors (Lipinski definition) is 3. The number of imidazole rings is 1. The van der Waals surface area contributed by atoms with Gasteiger partial charge in [0.1, 0.15) is 23.5 Å². The van der Waals surface area contributed by atoms with Gasteiger partial charge in [-0.3, -0.25) is 4.99 Å². The number of aromatic amines is 1. The summed E-state index contributed by atoms with van der Waals surface area (Å²) in [4.78, 5) is 12.1. The lowest BCUT2D eigenvalue weighted by Crippen LogP contribution is -2.42. The summed E-state index contributed by atoms with van der Waals surface area (Å²) in [6, 6.07) is 14.1. The molecular weight excluding hydrogens is 484 g/mol. The quantitative estimate of drug-likeness (QED) is 0.186. The fourth-order valence-electron chi connectivity index (χ4n) is 2.83. The van der Waals surface area contributed by atoms with Gasteiger partial charge in [-0.05, 0) is 49.7 Å². The van der Waals surface area contributed by atoms with E-state index in [4.69, 9.17) is 4.74 Å². The predicted octanol–water partition coefficient (Wildman–Crippen LogP) is 3.89. The maximum atomic E-state index is 12.9. The second-order valence-electron chi connectivity index (χ2n) is 6.57. The first-order valence-electron chi connectivity index (χ1n) is 9.44. The average molecular weight is 511 g/mol. The van der Waals surface area contributed by atoms with Crippen molar-refractivity contribution in [1.82, 2.24) is 20.6 Å². The van der Waals surface area contributed by atoms with Crippen LogP contribution in [0.5, 0.6) is 5.75 Å². The highest BCUT2D eigenvalue weighted by Gasteiger charge is 2.06. The molecule has 3 aromatic rings. The molecule has 6 nitrogen and oxygen atoms in total. The van der Waals surface area contributed by atoms with Crippen LogP contribution in [-0.4, -0.2) is 42.2 Å². The Morgan fingerprint density at radius 1 is 1.17 bits per heavy atom. The van der Waals surface area contributed by atoms with Crippen molar-refractivity contribution in [2.75, 3.05) is 20.1 Å². The molecule has 2 aromatic carbocycles. The van der Waals surface area contributed by atoms with Gasteiger partial charge in [0.2, 0.25) is 0 Å². The molecule has 1 aromatic heterocycles. The average Bonchev–Trinajstić information content (AvgIpc) is 3.12. The number of nitrogens with one attached hydrogen (secondary N) is 3. The predicted molar refractivity (Wildman–Crippen MR) is 126 cm³/mol. The molecule has 0 aliphatic carbocycles. The van der Waals surface area contributed by atoms with Crippen molar-refractivity contribution in [3.63, 3.8) is 0 Å². The molecule has 1 heterocycles. The highest BCUT2D eigenvalue weighted by atomic mass is 127. The minimum Gasteiger partial charge on any atom is -0.489 e. The summed E-state index contributed by atoms with van der Waals surface area (Å²) in [5.74, 6) is 2.08. The molecule has 0 saturated carbocycles. The zero-order valence-corrected chi connectivity index (χ0v) is 18.9. The molecule has 156 valence electrons. The van der Waals surface area contributed by atoms with E-state index in [1.54, 1.807) is 19.2 Å². The zero-order valence-electron chi connectivity index (χ0n) is 16.6. The zero-order chi connectivity index (χ0) is 19.8. The van der Waals surface area contributed by atoms with Crippen LogP contribution in [0.1, 0.15) is 19.2 Å². The Hall–Kier alpha value is -2.36. The van der Waals surface area contributed by atoms with Crippen molar-refractivity contribution in [3.05, 3.63) is 60.2 Å². The van der Waals surface area contributed by atoms with Gasteiger partial charge in [0, 0.05) is 20.0 Å². The molecule has 0 spiro atoms. The second kappa shape index (κ2) is 11.6. The van der Waals surface area contributed by atoms with Gasteiger partial charge in [0.25, 0.3) is 0 Å². The van der Waals surface area contributed by atoms with Crippen LogP contribution in [0.15, 0.2) is 53.5 Å². The molecule has 0 radical (unpaired) electrons. The Labute approximate surface area is 187 Å². The van der Waals surface area contributed by atoms with E-state index in [0.29, 0.717) is 12.3 Å². The third-order valence-electron chi connectivity index (χ3n) is 4.25. The van der Waals surface area contributed by atoms with E-state index in [0.717, 1.165) is 42.2 Å². The van der Waals surface area contributed by atoms with Gasteiger partial charge in [-0.2, -0.15) is 0 Å². The Balaban J connectivity index is 0.00000300. The number of aliphatic imine (C=N–C) groups is 1. The number of para-hydroxylation sites is 2. The van der Waals surface area contributed by atoms with Gasteiger partial charge >= 0.3 is 0 Å². The van der Waals surface area contributed by atoms with Crippen molar-refractivity contribution >= 4 is 41.0 Å². The summed E-state index contributed by atoms with van der Waals surface area (Å²) in [5, 5.41) is 6.53. The second-order valence-corrected chi connectivity index (χ2v) is 6.57. The molecule has 0 saturated heterocycles. The SMILES string of the molecule is CN=C(NCCCc1nc2ccccc2[nH]1)NCC(C)Oc1ccc(F)cc1.I. The number of aromatic nitrogens is 2. The fourth-order valence-corrected chi connectivity index (χ4v) is 2.83. The van der Waals surface area contributed by atoms with E-state index >= 15 is 0 Å². The number of nitrogens with zero attached hydrogens (tertiary/aromatic N) is 2. The minimum atomic E-state index is -0.273. The van der Waals surface area contributed by atoms with Crippen LogP contribution in [0, 0.1) is 5.82 Å². The molecule has 3 N–H and O–H groups in total. The fraction of sp³-hybridized carbons (Fsp3) is 0.333. The molecule has 0 aliphatic heterocycles. The standard InChI is InChI=1S/C21H26FN5O.HI/c1-15(28-17-11-9-16(22)10-12-17)14-25-21(23-2)24-13-5-8-20-26-18-6-3-4-7-19(18)27-20;/h3-4,6-7,9-12,15H,5,8,13-14H2,1-2H3,(H,26,27)(H2,23,24,25);1H. The van der Waals surface area contributed by atoms with Crippen molar-refractivity contribution in [1.29, 1.82) is 0 Å². The summed E-state index contributed by atoms with van der Waals surface area (Å²) >= 11 is 0. The molecule has 1 unspecified atom stereocenters. The molecule has 0 bridgehead atoms. The van der Waals surface area contributed by atoms with E-state index in [1.165, 1.54) is 12.1 Å². The van der Waals surface area contributed by atoms with Crippen molar-refractivity contribution in [2.45, 2.75) is 25.9 Å². The van der Waals surface area contributed by atoms with Gasteiger partial charge in [0.15, 0.2) is 5.96 Å². The number of hydrogen-bond acceptors (Lipinski definition) is 3. The number of H-pyrrole nitrogens is 1. The lowest BCUT2D eigenvalue weighted by atomic mass is 10.3. The molecule has 0 aliphatic rings. The van der Waals surface area contributed by atoms with Crippen LogP contribution in [0.4, 0.5) is 4.39 Å². The molecule has 8 heteroatoms. The lowest BCUT2D eigenvalue weighted by Gasteiger charge is -2.17. The topological polar surface area (TPSA) is 74.3 Å². The van der Waals surface area contributed by atoms with Gasteiger partial charge in [-0.1, -0.05) is 12.1 Å². The van der Waals surface area contributed by atoms with E-state index in [1.807, 2.05) is 31.2 Å². The van der Waals surface area contributed by atoms with Gasteiger partial charge in [-0.25, -0.2) is 9.37 Å². The highest BCUT2D eigenvalue weighted by molar-refractivity contribution is 14.0. The number of halogens is 2. The van der Waals surface area contributed by atoms with Crippen molar-refractivity contribution < 1.29 is 9.13 Å².